The van der Waals surface area contributed by atoms with Gasteiger partial charge in [-0.05, 0) is 12.1 Å². The van der Waals surface area contributed by atoms with Crippen LogP contribution < -0.4 is 14.8 Å². The minimum atomic E-state index is -0.351. The van der Waals surface area contributed by atoms with Gasteiger partial charge in [0.1, 0.15) is 17.2 Å². The van der Waals surface area contributed by atoms with E-state index in [1.807, 2.05) is 0 Å². The molecule has 0 aliphatic heterocycles. The van der Waals surface area contributed by atoms with E-state index in [1.54, 1.807) is 12.1 Å². The minimum Gasteiger partial charge on any atom is -0.495 e. The number of aromatic amines is 1. The second-order valence-electron chi connectivity index (χ2n) is 3.87. The number of rotatable bonds is 4. The van der Waals surface area contributed by atoms with Crippen molar-refractivity contribution in [1.29, 1.82) is 0 Å². The normalized spacial score (nSPS) is 10.2. The van der Waals surface area contributed by atoms with Crippen LogP contribution in [0.2, 0.25) is 10.0 Å². The van der Waals surface area contributed by atoms with Crippen LogP contribution in [0, 0.1) is 0 Å². The number of ether oxygens (including phenoxy) is 2. The molecule has 5 nitrogen and oxygen atoms in total. The van der Waals surface area contributed by atoms with E-state index < -0.39 is 0 Å². The molecule has 2 rings (SSSR count). The molecule has 0 aliphatic rings. The largest absolute Gasteiger partial charge is 0.495 e. The van der Waals surface area contributed by atoms with Gasteiger partial charge in [0.15, 0.2) is 0 Å². The van der Waals surface area contributed by atoms with Crippen molar-refractivity contribution in [3.8, 4) is 11.5 Å². The molecule has 0 saturated heterocycles. The lowest BCUT2D eigenvalue weighted by Crippen LogP contribution is -2.13. The second kappa shape index (κ2) is 6.07. The van der Waals surface area contributed by atoms with Gasteiger partial charge in [0.25, 0.3) is 5.91 Å². The predicted octanol–water partition coefficient (Wildman–Crippen LogP) is 3.59. The highest BCUT2D eigenvalue weighted by atomic mass is 35.5. The van der Waals surface area contributed by atoms with Gasteiger partial charge in [-0.25, -0.2) is 0 Å². The summed E-state index contributed by atoms with van der Waals surface area (Å²) in [6.45, 7) is 0. The lowest BCUT2D eigenvalue weighted by molar-refractivity contribution is 0.102. The highest BCUT2D eigenvalue weighted by molar-refractivity contribution is 6.32. The summed E-state index contributed by atoms with van der Waals surface area (Å²) < 4.78 is 10.3. The molecule has 0 atom stereocenters. The van der Waals surface area contributed by atoms with Gasteiger partial charge in [-0.15, -0.1) is 0 Å². The quantitative estimate of drug-likeness (QED) is 0.906. The zero-order valence-corrected chi connectivity index (χ0v) is 12.3. The van der Waals surface area contributed by atoms with Crippen LogP contribution in [0.25, 0.3) is 0 Å². The average molecular weight is 315 g/mol. The van der Waals surface area contributed by atoms with Crippen LogP contribution in [0.4, 0.5) is 5.69 Å². The summed E-state index contributed by atoms with van der Waals surface area (Å²) in [5, 5.41) is 3.51. The highest BCUT2D eigenvalue weighted by Crippen LogP contribution is 2.36. The van der Waals surface area contributed by atoms with E-state index in [0.29, 0.717) is 32.9 Å². The first-order valence-corrected chi connectivity index (χ1v) is 6.37. The molecule has 20 heavy (non-hydrogen) atoms. The molecule has 7 heteroatoms. The van der Waals surface area contributed by atoms with Crippen LogP contribution in [0.3, 0.4) is 0 Å². The molecule has 0 spiro atoms. The number of nitrogens with one attached hydrogen (secondary N) is 2. The maximum Gasteiger partial charge on any atom is 0.272 e. The van der Waals surface area contributed by atoms with Crippen molar-refractivity contribution in [2.24, 2.45) is 0 Å². The molecule has 0 radical (unpaired) electrons. The number of carbonyl (C=O) groups is 1. The number of amides is 1. The monoisotopic (exact) mass is 314 g/mol. The van der Waals surface area contributed by atoms with E-state index in [4.69, 9.17) is 32.7 Å². The Balaban J connectivity index is 2.28. The minimum absolute atomic E-state index is 0.337. The third-order valence-corrected chi connectivity index (χ3v) is 3.13. The molecule has 1 aromatic carbocycles. The Labute approximate surface area is 125 Å². The van der Waals surface area contributed by atoms with E-state index >= 15 is 0 Å². The molecule has 0 unspecified atom stereocenters. The summed E-state index contributed by atoms with van der Waals surface area (Å²) in [4.78, 5) is 14.8. The van der Waals surface area contributed by atoms with Crippen LogP contribution >= 0.6 is 23.2 Å². The molecule has 0 bridgehead atoms. The second-order valence-corrected chi connectivity index (χ2v) is 4.72. The Morgan fingerprint density at radius 2 is 1.85 bits per heavy atom. The maximum atomic E-state index is 12.0. The molecule has 2 N–H and O–H groups in total. The third-order valence-electron chi connectivity index (χ3n) is 2.61. The summed E-state index contributed by atoms with van der Waals surface area (Å²) >= 11 is 11.8. The lowest BCUT2D eigenvalue weighted by Gasteiger charge is -2.12. The molecular weight excluding hydrogens is 303 g/mol. The first kappa shape index (κ1) is 14.6. The van der Waals surface area contributed by atoms with Gasteiger partial charge in [0.05, 0.1) is 30.0 Å². The number of carbonyl (C=O) groups excluding carboxylic acids is 1. The summed E-state index contributed by atoms with van der Waals surface area (Å²) in [5.41, 5.74) is 0.776. The Kier molecular flexibility index (Phi) is 4.42. The molecule has 0 fully saturated rings. The number of hydrogen-bond donors (Lipinski definition) is 2. The number of methoxy groups -OCH3 is 2. The van der Waals surface area contributed by atoms with Crippen molar-refractivity contribution in [2.45, 2.75) is 0 Å². The maximum absolute atomic E-state index is 12.0. The summed E-state index contributed by atoms with van der Waals surface area (Å²) in [5.74, 6) is 0.554. The van der Waals surface area contributed by atoms with Crippen molar-refractivity contribution >= 4 is 34.8 Å². The van der Waals surface area contributed by atoms with Gasteiger partial charge in [0, 0.05) is 12.3 Å². The van der Waals surface area contributed by atoms with Crippen LogP contribution in [0.1, 0.15) is 10.5 Å². The Morgan fingerprint density at radius 3 is 2.40 bits per heavy atom. The summed E-state index contributed by atoms with van der Waals surface area (Å²) in [7, 11) is 2.99. The molecule has 1 aromatic heterocycles. The first-order valence-electron chi connectivity index (χ1n) is 5.62. The van der Waals surface area contributed by atoms with E-state index in [-0.39, 0.29) is 5.91 Å². The fraction of sp³-hybridized carbons (Fsp3) is 0.154. The van der Waals surface area contributed by atoms with Gasteiger partial charge in [0.2, 0.25) is 0 Å². The zero-order valence-electron chi connectivity index (χ0n) is 10.8. The van der Waals surface area contributed by atoms with Gasteiger partial charge in [-0.1, -0.05) is 23.2 Å². The van der Waals surface area contributed by atoms with Gasteiger partial charge < -0.3 is 19.8 Å². The topological polar surface area (TPSA) is 63.4 Å². The first-order chi connectivity index (χ1) is 9.55. The number of aromatic nitrogens is 1. The van der Waals surface area contributed by atoms with Gasteiger partial charge >= 0.3 is 0 Å². The fourth-order valence-electron chi connectivity index (χ4n) is 1.65. The smallest absolute Gasteiger partial charge is 0.272 e. The molecule has 0 saturated carbocycles. The summed E-state index contributed by atoms with van der Waals surface area (Å²) in [6.07, 6.45) is 1.52. The molecular formula is C13H12Cl2N2O3. The zero-order chi connectivity index (χ0) is 14.7. The van der Waals surface area contributed by atoms with Crippen molar-refractivity contribution in [2.75, 3.05) is 19.5 Å². The summed E-state index contributed by atoms with van der Waals surface area (Å²) in [6, 6.07) is 4.68. The number of benzene rings is 1. The highest BCUT2D eigenvalue weighted by Gasteiger charge is 2.14. The SMILES string of the molecule is COc1cc(OC)c(NC(=O)c2cc(Cl)c[nH]2)cc1Cl. The molecule has 1 heterocycles. The van der Waals surface area contributed by atoms with E-state index in [2.05, 4.69) is 10.3 Å². The lowest BCUT2D eigenvalue weighted by atomic mass is 10.2. The number of hydrogen-bond acceptors (Lipinski definition) is 3. The van der Waals surface area contributed by atoms with Gasteiger partial charge in [-0.2, -0.15) is 0 Å². The number of anilines is 1. The average Bonchev–Trinajstić information content (AvgIpc) is 2.86. The molecule has 106 valence electrons. The van der Waals surface area contributed by atoms with Crippen LogP contribution in [-0.4, -0.2) is 25.1 Å². The molecule has 2 aromatic rings. The van der Waals surface area contributed by atoms with Gasteiger partial charge in [-0.3, -0.25) is 4.79 Å². The van der Waals surface area contributed by atoms with Crippen LogP contribution in [0.15, 0.2) is 24.4 Å². The van der Waals surface area contributed by atoms with Crippen molar-refractivity contribution < 1.29 is 14.3 Å². The molecule has 1 amide bonds. The number of H-pyrrole nitrogens is 1. The Bertz CT molecular complexity index is 641. The van der Waals surface area contributed by atoms with Crippen molar-refractivity contribution in [3.63, 3.8) is 0 Å². The van der Waals surface area contributed by atoms with Crippen LogP contribution in [0.5, 0.6) is 11.5 Å². The van der Waals surface area contributed by atoms with Crippen molar-refractivity contribution in [1.82, 2.24) is 4.98 Å². The van der Waals surface area contributed by atoms with E-state index in [0.717, 1.165) is 0 Å². The van der Waals surface area contributed by atoms with E-state index in [9.17, 15) is 4.79 Å². The Hall–Kier alpha value is -1.85. The predicted molar refractivity (Wildman–Crippen MR) is 78.3 cm³/mol. The Morgan fingerprint density at radius 1 is 1.15 bits per heavy atom. The van der Waals surface area contributed by atoms with E-state index in [1.165, 1.54) is 26.5 Å². The van der Waals surface area contributed by atoms with Crippen LogP contribution in [-0.2, 0) is 0 Å². The number of halogens is 2. The van der Waals surface area contributed by atoms with Crippen molar-refractivity contribution in [3.05, 3.63) is 40.1 Å². The molecule has 0 aliphatic carbocycles. The standard InChI is InChI=1S/C13H12Cl2N2O3/c1-19-11-5-12(20-2)9(4-8(11)15)17-13(18)10-3-7(14)6-16-10/h3-6,16H,1-2H3,(H,17,18). The fourth-order valence-corrected chi connectivity index (χ4v) is 2.05. The third kappa shape index (κ3) is 3.00.